The van der Waals surface area contributed by atoms with Crippen molar-refractivity contribution in [3.05, 3.63) is 64.7 Å². The fraction of sp³-hybridized carbons (Fsp3) is 0.481. The number of urea groups is 1. The Morgan fingerprint density at radius 3 is 2.28 bits per heavy atom. The summed E-state index contributed by atoms with van der Waals surface area (Å²) < 4.78 is 0. The molecule has 5 nitrogen and oxygen atoms in total. The van der Waals surface area contributed by atoms with Crippen molar-refractivity contribution in [3.8, 4) is 6.07 Å². The molecule has 1 saturated heterocycles. The number of carbonyl (C=O) groups is 1. The van der Waals surface area contributed by atoms with Crippen LogP contribution in [0.25, 0.3) is 0 Å². The van der Waals surface area contributed by atoms with E-state index in [9.17, 15) is 4.79 Å². The Morgan fingerprint density at radius 2 is 1.62 bits per heavy atom. The van der Waals surface area contributed by atoms with Gasteiger partial charge >= 0.3 is 6.03 Å². The average Bonchev–Trinajstić information content (AvgIpc) is 3.00. The summed E-state index contributed by atoms with van der Waals surface area (Å²) in [7, 11) is 0. The average molecular weight is 429 g/mol. The number of fused-ring (bicyclic) bond motifs is 1. The van der Waals surface area contributed by atoms with Crippen molar-refractivity contribution in [3.63, 3.8) is 0 Å². The summed E-state index contributed by atoms with van der Waals surface area (Å²) in [4.78, 5) is 17.5. The van der Waals surface area contributed by atoms with Crippen molar-refractivity contribution in [1.29, 1.82) is 5.26 Å². The Labute approximate surface area is 191 Å². The summed E-state index contributed by atoms with van der Waals surface area (Å²) in [6.07, 6.45) is 8.21. The van der Waals surface area contributed by atoms with E-state index in [-0.39, 0.29) is 6.03 Å². The molecule has 166 valence electrons. The lowest BCUT2D eigenvalue weighted by molar-refractivity contribution is 0.133. The molecular weight excluding hydrogens is 396 g/mol. The number of piperidine rings is 1. The monoisotopic (exact) mass is 428 g/mol. The molecule has 0 atom stereocenters. The molecule has 3 aliphatic rings. The summed E-state index contributed by atoms with van der Waals surface area (Å²) >= 11 is 0. The molecule has 0 radical (unpaired) electrons. The maximum Gasteiger partial charge on any atom is 0.321 e. The molecule has 1 N–H and O–H groups in total. The minimum absolute atomic E-state index is 0.00736. The SMILES string of the molecule is N#Cc1ccc(C2CCN(C(=O)Nc3ccc4c(c3)CCN(C3CCC3)CC4)CC2)cc1. The highest BCUT2D eigenvalue weighted by molar-refractivity contribution is 5.89. The zero-order chi connectivity index (χ0) is 21.9. The van der Waals surface area contributed by atoms with Gasteiger partial charge in [0.2, 0.25) is 0 Å². The number of nitriles is 1. The first-order chi connectivity index (χ1) is 15.7. The number of amides is 2. The van der Waals surface area contributed by atoms with Crippen LogP contribution in [0, 0.1) is 11.3 Å². The third-order valence-corrected chi connectivity index (χ3v) is 7.68. The number of anilines is 1. The Kier molecular flexibility index (Phi) is 6.14. The van der Waals surface area contributed by atoms with Crippen LogP contribution in [-0.2, 0) is 12.8 Å². The minimum atomic E-state index is 0.00736. The van der Waals surface area contributed by atoms with Gasteiger partial charge in [0.05, 0.1) is 11.6 Å². The third kappa shape index (κ3) is 4.52. The second-order valence-corrected chi connectivity index (χ2v) is 9.53. The van der Waals surface area contributed by atoms with Gasteiger partial charge in [0.25, 0.3) is 0 Å². The number of benzene rings is 2. The van der Waals surface area contributed by atoms with Crippen molar-refractivity contribution in [2.45, 2.75) is 56.9 Å². The molecule has 32 heavy (non-hydrogen) atoms. The van der Waals surface area contributed by atoms with Gasteiger partial charge in [-0.25, -0.2) is 4.79 Å². The second-order valence-electron chi connectivity index (χ2n) is 9.53. The van der Waals surface area contributed by atoms with Gasteiger partial charge in [-0.15, -0.1) is 0 Å². The van der Waals surface area contributed by atoms with E-state index in [4.69, 9.17) is 5.26 Å². The zero-order valence-corrected chi connectivity index (χ0v) is 18.7. The number of nitrogens with zero attached hydrogens (tertiary/aromatic N) is 3. The van der Waals surface area contributed by atoms with E-state index in [0.29, 0.717) is 11.5 Å². The molecule has 0 spiro atoms. The first-order valence-electron chi connectivity index (χ1n) is 12.1. The number of hydrogen-bond acceptors (Lipinski definition) is 3. The van der Waals surface area contributed by atoms with Crippen molar-refractivity contribution >= 4 is 11.7 Å². The molecule has 2 aliphatic heterocycles. The predicted molar refractivity (Wildman–Crippen MR) is 127 cm³/mol. The molecule has 5 heteroatoms. The van der Waals surface area contributed by atoms with Crippen molar-refractivity contribution in [1.82, 2.24) is 9.80 Å². The van der Waals surface area contributed by atoms with Gasteiger partial charge < -0.3 is 10.2 Å². The fourth-order valence-electron chi connectivity index (χ4n) is 5.39. The van der Waals surface area contributed by atoms with Gasteiger partial charge in [-0.3, -0.25) is 4.90 Å². The number of likely N-dealkylation sites (tertiary alicyclic amines) is 1. The maximum atomic E-state index is 12.9. The lowest BCUT2D eigenvalue weighted by Gasteiger charge is -2.36. The van der Waals surface area contributed by atoms with Crippen molar-refractivity contribution in [2.24, 2.45) is 0 Å². The van der Waals surface area contributed by atoms with Gasteiger partial charge in [-0.05, 0) is 85.4 Å². The minimum Gasteiger partial charge on any atom is -0.324 e. The first kappa shape index (κ1) is 21.0. The number of carbonyl (C=O) groups excluding carboxylic acids is 1. The van der Waals surface area contributed by atoms with E-state index < -0.39 is 0 Å². The molecule has 2 aromatic rings. The molecule has 2 heterocycles. The van der Waals surface area contributed by atoms with E-state index in [0.717, 1.165) is 63.6 Å². The predicted octanol–water partition coefficient (Wildman–Crippen LogP) is 4.92. The lowest BCUT2D eigenvalue weighted by atomic mass is 9.89. The van der Waals surface area contributed by atoms with Crippen LogP contribution in [0.1, 0.15) is 60.3 Å². The summed E-state index contributed by atoms with van der Waals surface area (Å²) in [5.74, 6) is 0.456. The highest BCUT2D eigenvalue weighted by atomic mass is 16.2. The fourth-order valence-corrected chi connectivity index (χ4v) is 5.39. The van der Waals surface area contributed by atoms with E-state index >= 15 is 0 Å². The van der Waals surface area contributed by atoms with E-state index in [1.165, 1.54) is 36.0 Å². The van der Waals surface area contributed by atoms with E-state index in [1.807, 2.05) is 17.0 Å². The molecule has 1 aliphatic carbocycles. The van der Waals surface area contributed by atoms with Crippen LogP contribution < -0.4 is 5.32 Å². The molecule has 2 amide bonds. The van der Waals surface area contributed by atoms with Crippen LogP contribution in [0.15, 0.2) is 42.5 Å². The first-order valence-corrected chi connectivity index (χ1v) is 12.1. The van der Waals surface area contributed by atoms with E-state index in [2.05, 4.69) is 46.6 Å². The molecule has 2 aromatic carbocycles. The summed E-state index contributed by atoms with van der Waals surface area (Å²) in [6.45, 7) is 3.82. The van der Waals surface area contributed by atoms with Gasteiger partial charge in [-0.2, -0.15) is 5.26 Å². The largest absolute Gasteiger partial charge is 0.324 e. The van der Waals surface area contributed by atoms with Gasteiger partial charge in [0.15, 0.2) is 0 Å². The third-order valence-electron chi connectivity index (χ3n) is 7.68. The number of hydrogen-bond donors (Lipinski definition) is 1. The molecule has 5 rings (SSSR count). The van der Waals surface area contributed by atoms with Crippen molar-refractivity contribution < 1.29 is 4.79 Å². The summed E-state index contributed by atoms with van der Waals surface area (Å²) in [6, 6.07) is 17.3. The Bertz CT molecular complexity index is 997. The molecule has 0 aromatic heterocycles. The van der Waals surface area contributed by atoms with Crippen LogP contribution in [-0.4, -0.2) is 48.1 Å². The highest BCUT2D eigenvalue weighted by Gasteiger charge is 2.27. The van der Waals surface area contributed by atoms with Gasteiger partial charge in [0.1, 0.15) is 0 Å². The van der Waals surface area contributed by atoms with Crippen LogP contribution in [0.2, 0.25) is 0 Å². The zero-order valence-electron chi connectivity index (χ0n) is 18.7. The normalized spacial score (nSPS) is 20.0. The smallest absolute Gasteiger partial charge is 0.321 e. The van der Waals surface area contributed by atoms with Crippen LogP contribution in [0.3, 0.4) is 0 Å². The Hall–Kier alpha value is -2.84. The molecular formula is C27H32N4O. The summed E-state index contributed by atoms with van der Waals surface area (Å²) in [5.41, 5.74) is 5.71. The lowest BCUT2D eigenvalue weighted by Crippen LogP contribution is -2.41. The second kappa shape index (κ2) is 9.34. The van der Waals surface area contributed by atoms with Gasteiger partial charge in [-0.1, -0.05) is 24.6 Å². The standard InChI is InChI=1S/C27H32N4O/c28-19-20-4-6-21(7-5-20)23-11-16-31(17-12-23)27(32)29-25-9-8-22-10-14-30(26-2-1-3-26)15-13-24(22)18-25/h4-9,18,23,26H,1-3,10-17H2,(H,29,32). The van der Waals surface area contributed by atoms with Crippen LogP contribution >= 0.6 is 0 Å². The molecule has 1 saturated carbocycles. The topological polar surface area (TPSA) is 59.4 Å². The maximum absolute atomic E-state index is 12.9. The number of rotatable bonds is 3. The Balaban J connectivity index is 1.15. The summed E-state index contributed by atoms with van der Waals surface area (Å²) in [5, 5.41) is 12.1. The molecule has 0 bridgehead atoms. The Morgan fingerprint density at radius 1 is 0.906 bits per heavy atom. The molecule has 2 fully saturated rings. The van der Waals surface area contributed by atoms with E-state index in [1.54, 1.807) is 0 Å². The quantitative estimate of drug-likeness (QED) is 0.755. The molecule has 0 unspecified atom stereocenters. The van der Waals surface area contributed by atoms with Crippen LogP contribution in [0.5, 0.6) is 0 Å². The van der Waals surface area contributed by atoms with Crippen molar-refractivity contribution in [2.75, 3.05) is 31.5 Å². The number of nitrogens with one attached hydrogen (secondary N) is 1. The highest BCUT2D eigenvalue weighted by Crippen LogP contribution is 2.30. The van der Waals surface area contributed by atoms with Gasteiger partial charge in [0, 0.05) is 37.9 Å². The van der Waals surface area contributed by atoms with Crippen LogP contribution in [0.4, 0.5) is 10.5 Å².